The summed E-state index contributed by atoms with van der Waals surface area (Å²) in [6.07, 6.45) is 0. The average molecular weight is 273 g/mol. The number of aliphatic carboxylic acids is 1. The third-order valence-corrected chi connectivity index (χ3v) is 3.86. The molecule has 0 aliphatic carbocycles. The van der Waals surface area contributed by atoms with Crippen molar-refractivity contribution in [3.8, 4) is 0 Å². The minimum Gasteiger partial charge on any atom is -0.481 e. The molecule has 2 aromatic carbocycles. The number of carboxylic acids is 1. The zero-order valence-electron chi connectivity index (χ0n) is 10.3. The van der Waals surface area contributed by atoms with Gasteiger partial charge in [-0.3, -0.25) is 4.79 Å². The lowest BCUT2D eigenvalue weighted by Crippen LogP contribution is -2.14. The highest BCUT2D eigenvalue weighted by Gasteiger charge is 2.19. The Morgan fingerprint density at radius 3 is 2.53 bits per heavy atom. The van der Waals surface area contributed by atoms with Gasteiger partial charge < -0.3 is 10.8 Å². The SMILES string of the molecule is Nc1cccc(SCC(C(=O)O)c2ccccc2)c1. The number of rotatable bonds is 5. The van der Waals surface area contributed by atoms with E-state index in [1.807, 2.05) is 54.6 Å². The first-order valence-electron chi connectivity index (χ1n) is 5.93. The van der Waals surface area contributed by atoms with Gasteiger partial charge in [-0.15, -0.1) is 11.8 Å². The Morgan fingerprint density at radius 1 is 1.16 bits per heavy atom. The summed E-state index contributed by atoms with van der Waals surface area (Å²) in [4.78, 5) is 12.3. The first-order chi connectivity index (χ1) is 9.16. The lowest BCUT2D eigenvalue weighted by molar-refractivity contribution is -0.138. The second kappa shape index (κ2) is 6.29. The number of carbonyl (C=O) groups is 1. The second-order valence-corrected chi connectivity index (χ2v) is 5.28. The highest BCUT2D eigenvalue weighted by molar-refractivity contribution is 7.99. The molecule has 0 spiro atoms. The summed E-state index contributed by atoms with van der Waals surface area (Å²) in [5, 5.41) is 9.32. The number of nitrogens with two attached hydrogens (primary N) is 1. The Labute approximate surface area is 116 Å². The van der Waals surface area contributed by atoms with E-state index in [9.17, 15) is 9.90 Å². The predicted molar refractivity (Wildman–Crippen MR) is 78.4 cm³/mol. The second-order valence-electron chi connectivity index (χ2n) is 4.19. The molecule has 4 heteroatoms. The fraction of sp³-hybridized carbons (Fsp3) is 0.133. The van der Waals surface area contributed by atoms with Gasteiger partial charge in [-0.2, -0.15) is 0 Å². The van der Waals surface area contributed by atoms with E-state index >= 15 is 0 Å². The molecule has 0 heterocycles. The summed E-state index contributed by atoms with van der Waals surface area (Å²) in [5.41, 5.74) is 7.22. The number of nitrogen functional groups attached to an aromatic ring is 1. The molecule has 98 valence electrons. The summed E-state index contributed by atoms with van der Waals surface area (Å²) in [7, 11) is 0. The van der Waals surface area contributed by atoms with E-state index in [4.69, 9.17) is 5.73 Å². The fourth-order valence-corrected chi connectivity index (χ4v) is 2.87. The van der Waals surface area contributed by atoms with Crippen LogP contribution in [0.3, 0.4) is 0 Å². The Morgan fingerprint density at radius 2 is 1.89 bits per heavy atom. The smallest absolute Gasteiger partial charge is 0.311 e. The number of benzene rings is 2. The molecule has 0 aromatic heterocycles. The van der Waals surface area contributed by atoms with Crippen LogP contribution in [-0.2, 0) is 4.79 Å². The summed E-state index contributed by atoms with van der Waals surface area (Å²) >= 11 is 1.51. The number of anilines is 1. The van der Waals surface area contributed by atoms with Gasteiger partial charge in [-0.1, -0.05) is 36.4 Å². The summed E-state index contributed by atoms with van der Waals surface area (Å²) < 4.78 is 0. The van der Waals surface area contributed by atoms with Crippen LogP contribution in [0.4, 0.5) is 5.69 Å². The molecule has 0 bridgehead atoms. The zero-order valence-corrected chi connectivity index (χ0v) is 11.1. The van der Waals surface area contributed by atoms with Crippen LogP contribution in [0.5, 0.6) is 0 Å². The minimum atomic E-state index is -0.803. The van der Waals surface area contributed by atoms with Gasteiger partial charge >= 0.3 is 5.97 Å². The lowest BCUT2D eigenvalue weighted by Gasteiger charge is -2.12. The van der Waals surface area contributed by atoms with Crippen molar-refractivity contribution in [2.45, 2.75) is 10.8 Å². The fourth-order valence-electron chi connectivity index (χ4n) is 1.78. The molecule has 19 heavy (non-hydrogen) atoms. The van der Waals surface area contributed by atoms with E-state index in [-0.39, 0.29) is 0 Å². The van der Waals surface area contributed by atoms with Crippen molar-refractivity contribution >= 4 is 23.4 Å². The molecule has 0 amide bonds. The molecule has 3 N–H and O–H groups in total. The maximum Gasteiger partial charge on any atom is 0.311 e. The molecule has 0 radical (unpaired) electrons. The van der Waals surface area contributed by atoms with E-state index in [1.54, 1.807) is 0 Å². The van der Waals surface area contributed by atoms with Crippen LogP contribution in [-0.4, -0.2) is 16.8 Å². The van der Waals surface area contributed by atoms with Crippen molar-refractivity contribution in [3.05, 3.63) is 60.2 Å². The first-order valence-corrected chi connectivity index (χ1v) is 6.91. The predicted octanol–water partition coefficient (Wildman–Crippen LogP) is 3.23. The van der Waals surface area contributed by atoms with Crippen molar-refractivity contribution in [1.29, 1.82) is 0 Å². The number of carboxylic acid groups (broad SMARTS) is 1. The van der Waals surface area contributed by atoms with Crippen LogP contribution in [0.15, 0.2) is 59.5 Å². The van der Waals surface area contributed by atoms with Crippen LogP contribution in [0, 0.1) is 0 Å². The monoisotopic (exact) mass is 273 g/mol. The Balaban J connectivity index is 2.08. The molecule has 0 aliphatic rings. The minimum absolute atomic E-state index is 0.489. The number of hydrogen-bond acceptors (Lipinski definition) is 3. The Kier molecular flexibility index (Phi) is 4.47. The Bertz CT molecular complexity index is 557. The summed E-state index contributed by atoms with van der Waals surface area (Å²) in [6.45, 7) is 0. The molecule has 1 atom stereocenters. The van der Waals surface area contributed by atoms with Gasteiger partial charge in [0.25, 0.3) is 0 Å². The lowest BCUT2D eigenvalue weighted by atomic mass is 10.0. The standard InChI is InChI=1S/C15H15NO2S/c16-12-7-4-8-13(9-12)19-10-14(15(17)18)11-5-2-1-3-6-11/h1-9,14H,10,16H2,(H,17,18). The van der Waals surface area contributed by atoms with E-state index in [1.165, 1.54) is 11.8 Å². The van der Waals surface area contributed by atoms with Crippen molar-refractivity contribution in [2.24, 2.45) is 0 Å². The molecule has 3 nitrogen and oxygen atoms in total. The third-order valence-electron chi connectivity index (χ3n) is 2.77. The van der Waals surface area contributed by atoms with Crippen molar-refractivity contribution in [2.75, 3.05) is 11.5 Å². The van der Waals surface area contributed by atoms with Crippen LogP contribution in [0.25, 0.3) is 0 Å². The topological polar surface area (TPSA) is 63.3 Å². The zero-order chi connectivity index (χ0) is 13.7. The van der Waals surface area contributed by atoms with Crippen LogP contribution in [0.2, 0.25) is 0 Å². The molecule has 0 fully saturated rings. The summed E-state index contributed by atoms with van der Waals surface area (Å²) in [5.74, 6) is -0.821. The largest absolute Gasteiger partial charge is 0.481 e. The Hall–Kier alpha value is -1.94. The van der Waals surface area contributed by atoms with Crippen molar-refractivity contribution in [1.82, 2.24) is 0 Å². The third kappa shape index (κ3) is 3.76. The summed E-state index contributed by atoms with van der Waals surface area (Å²) in [6, 6.07) is 16.8. The molecule has 2 aromatic rings. The molecule has 0 aliphatic heterocycles. The molecule has 0 saturated carbocycles. The number of thioether (sulfide) groups is 1. The van der Waals surface area contributed by atoms with Gasteiger partial charge in [-0.25, -0.2) is 0 Å². The van der Waals surface area contributed by atoms with Crippen molar-refractivity contribution < 1.29 is 9.90 Å². The number of hydrogen-bond donors (Lipinski definition) is 2. The van der Waals surface area contributed by atoms with E-state index in [2.05, 4.69) is 0 Å². The van der Waals surface area contributed by atoms with Gasteiger partial charge in [0, 0.05) is 16.3 Å². The quantitative estimate of drug-likeness (QED) is 0.648. The average Bonchev–Trinajstić information content (AvgIpc) is 2.40. The highest BCUT2D eigenvalue weighted by atomic mass is 32.2. The molecule has 2 rings (SSSR count). The first kappa shape index (κ1) is 13.5. The maximum atomic E-state index is 11.4. The van der Waals surface area contributed by atoms with E-state index in [0.717, 1.165) is 10.5 Å². The van der Waals surface area contributed by atoms with Gasteiger partial charge in [0.05, 0.1) is 5.92 Å². The van der Waals surface area contributed by atoms with Gasteiger partial charge in [0.2, 0.25) is 0 Å². The van der Waals surface area contributed by atoms with Crippen LogP contribution < -0.4 is 5.73 Å². The van der Waals surface area contributed by atoms with Crippen molar-refractivity contribution in [3.63, 3.8) is 0 Å². The molecular weight excluding hydrogens is 258 g/mol. The van der Waals surface area contributed by atoms with Gasteiger partial charge in [-0.05, 0) is 23.8 Å². The van der Waals surface area contributed by atoms with Gasteiger partial charge in [0.15, 0.2) is 0 Å². The molecule has 0 saturated heterocycles. The van der Waals surface area contributed by atoms with Gasteiger partial charge in [0.1, 0.15) is 0 Å². The van der Waals surface area contributed by atoms with E-state index < -0.39 is 11.9 Å². The highest BCUT2D eigenvalue weighted by Crippen LogP contribution is 2.27. The molecular formula is C15H15NO2S. The maximum absolute atomic E-state index is 11.4. The normalized spacial score (nSPS) is 12.0. The van der Waals surface area contributed by atoms with Crippen LogP contribution in [0.1, 0.15) is 11.5 Å². The van der Waals surface area contributed by atoms with E-state index in [0.29, 0.717) is 11.4 Å². The van der Waals surface area contributed by atoms with Crippen LogP contribution >= 0.6 is 11.8 Å². The molecule has 1 unspecified atom stereocenters.